The van der Waals surface area contributed by atoms with Gasteiger partial charge in [-0.15, -0.1) is 0 Å². The van der Waals surface area contributed by atoms with E-state index in [1.807, 2.05) is 36.2 Å². The standard InChI is InChI=1S/C22H26FN3O3/c1-25(14-21(27)24-18-5-3-4-17(23)12-18)15-22(28)26(19-8-9-19)13-16-6-10-20(29-2)11-7-16/h3-7,10-12,19H,8-9,13-15H2,1-2H3,(H,24,27)/p+1. The molecule has 0 bridgehead atoms. The second kappa shape index (κ2) is 9.52. The van der Waals surface area contributed by atoms with Crippen LogP contribution in [0.3, 0.4) is 0 Å². The number of carbonyl (C=O) groups is 2. The smallest absolute Gasteiger partial charge is 0.279 e. The first kappa shape index (κ1) is 20.8. The summed E-state index contributed by atoms with van der Waals surface area (Å²) in [5.41, 5.74) is 1.46. The molecule has 0 radical (unpaired) electrons. The van der Waals surface area contributed by atoms with Crippen LogP contribution in [0.15, 0.2) is 48.5 Å². The van der Waals surface area contributed by atoms with Crippen molar-refractivity contribution in [2.45, 2.75) is 25.4 Å². The molecule has 6 nitrogen and oxygen atoms in total. The number of ether oxygens (including phenoxy) is 1. The number of rotatable bonds is 9. The molecule has 1 saturated carbocycles. The van der Waals surface area contributed by atoms with Crippen LogP contribution < -0.4 is 15.0 Å². The number of nitrogens with one attached hydrogen (secondary N) is 2. The first-order valence-electron chi connectivity index (χ1n) is 9.73. The lowest BCUT2D eigenvalue weighted by molar-refractivity contribution is -0.862. The lowest BCUT2D eigenvalue weighted by Crippen LogP contribution is -3.11. The molecular formula is C22H27FN3O3+. The fourth-order valence-corrected chi connectivity index (χ4v) is 3.20. The summed E-state index contributed by atoms with van der Waals surface area (Å²) in [6, 6.07) is 13.7. The van der Waals surface area contributed by atoms with Gasteiger partial charge in [-0.05, 0) is 48.7 Å². The molecule has 1 aliphatic carbocycles. The van der Waals surface area contributed by atoms with Gasteiger partial charge in [0.1, 0.15) is 11.6 Å². The first-order chi connectivity index (χ1) is 13.9. The zero-order valence-corrected chi connectivity index (χ0v) is 16.8. The molecule has 0 spiro atoms. The Balaban J connectivity index is 1.52. The number of halogens is 1. The Morgan fingerprint density at radius 1 is 1.17 bits per heavy atom. The van der Waals surface area contributed by atoms with E-state index in [9.17, 15) is 14.0 Å². The van der Waals surface area contributed by atoms with Gasteiger partial charge in [0, 0.05) is 18.3 Å². The summed E-state index contributed by atoms with van der Waals surface area (Å²) in [6.07, 6.45) is 2.03. The summed E-state index contributed by atoms with van der Waals surface area (Å²) >= 11 is 0. The second-order valence-electron chi connectivity index (χ2n) is 7.47. The average molecular weight is 400 g/mol. The summed E-state index contributed by atoms with van der Waals surface area (Å²) in [4.78, 5) is 27.7. The van der Waals surface area contributed by atoms with Gasteiger partial charge in [0.15, 0.2) is 13.1 Å². The average Bonchev–Trinajstić information content (AvgIpc) is 3.51. The molecule has 3 rings (SSSR count). The summed E-state index contributed by atoms with van der Waals surface area (Å²) in [6.45, 7) is 0.906. The predicted octanol–water partition coefficient (Wildman–Crippen LogP) is 1.48. The monoisotopic (exact) mass is 400 g/mol. The van der Waals surface area contributed by atoms with Gasteiger partial charge in [-0.3, -0.25) is 9.59 Å². The molecule has 2 aromatic carbocycles. The van der Waals surface area contributed by atoms with Crippen LogP contribution >= 0.6 is 0 Å². The Morgan fingerprint density at radius 2 is 1.90 bits per heavy atom. The van der Waals surface area contributed by atoms with Crippen molar-refractivity contribution < 1.29 is 23.6 Å². The molecular weight excluding hydrogens is 373 g/mol. The van der Waals surface area contributed by atoms with Crippen LogP contribution in [0.2, 0.25) is 0 Å². The van der Waals surface area contributed by atoms with E-state index in [2.05, 4.69) is 5.32 Å². The minimum absolute atomic E-state index is 0.0272. The van der Waals surface area contributed by atoms with Gasteiger partial charge < -0.3 is 19.9 Å². The SMILES string of the molecule is COc1ccc(CN(C(=O)C[NH+](C)CC(=O)Nc2cccc(F)c2)C2CC2)cc1. The van der Waals surface area contributed by atoms with E-state index in [1.54, 1.807) is 13.2 Å². The Hall–Kier alpha value is -2.93. The van der Waals surface area contributed by atoms with Crippen molar-refractivity contribution in [3.05, 3.63) is 59.9 Å². The molecule has 0 aliphatic heterocycles. The highest BCUT2D eigenvalue weighted by Gasteiger charge is 2.33. The molecule has 154 valence electrons. The third-order valence-corrected chi connectivity index (χ3v) is 4.84. The van der Waals surface area contributed by atoms with E-state index in [-0.39, 0.29) is 30.9 Å². The maximum absolute atomic E-state index is 13.2. The van der Waals surface area contributed by atoms with Crippen molar-refractivity contribution in [1.82, 2.24) is 4.90 Å². The summed E-state index contributed by atoms with van der Waals surface area (Å²) in [5, 5.41) is 2.67. The Bertz CT molecular complexity index is 853. The fourth-order valence-electron chi connectivity index (χ4n) is 3.20. The molecule has 2 aromatic rings. The summed E-state index contributed by atoms with van der Waals surface area (Å²) in [7, 11) is 3.43. The molecule has 1 aliphatic rings. The third-order valence-electron chi connectivity index (χ3n) is 4.84. The summed E-state index contributed by atoms with van der Waals surface area (Å²) < 4.78 is 18.4. The second-order valence-corrected chi connectivity index (χ2v) is 7.47. The Morgan fingerprint density at radius 3 is 2.52 bits per heavy atom. The predicted molar refractivity (Wildman–Crippen MR) is 108 cm³/mol. The lowest BCUT2D eigenvalue weighted by atomic mass is 10.2. The van der Waals surface area contributed by atoms with Crippen LogP contribution in [0.25, 0.3) is 0 Å². The van der Waals surface area contributed by atoms with Crippen LogP contribution in [-0.2, 0) is 16.1 Å². The zero-order chi connectivity index (χ0) is 20.8. The van der Waals surface area contributed by atoms with Gasteiger partial charge in [0.2, 0.25) is 0 Å². The van der Waals surface area contributed by atoms with Gasteiger partial charge in [0.05, 0.1) is 14.2 Å². The molecule has 1 unspecified atom stereocenters. The summed E-state index contributed by atoms with van der Waals surface area (Å²) in [5.74, 6) is 0.150. The van der Waals surface area contributed by atoms with E-state index >= 15 is 0 Å². The van der Waals surface area contributed by atoms with E-state index < -0.39 is 5.82 Å². The van der Waals surface area contributed by atoms with Gasteiger partial charge in [0.25, 0.3) is 11.8 Å². The van der Waals surface area contributed by atoms with Crippen LogP contribution in [0.4, 0.5) is 10.1 Å². The number of nitrogens with zero attached hydrogens (tertiary/aromatic N) is 1. The van der Waals surface area contributed by atoms with E-state index in [4.69, 9.17) is 4.74 Å². The highest BCUT2D eigenvalue weighted by atomic mass is 19.1. The van der Waals surface area contributed by atoms with Gasteiger partial charge in [-0.1, -0.05) is 18.2 Å². The fraction of sp³-hybridized carbons (Fsp3) is 0.364. The van der Waals surface area contributed by atoms with Gasteiger partial charge in [-0.2, -0.15) is 0 Å². The maximum Gasteiger partial charge on any atom is 0.279 e. The minimum atomic E-state index is -0.405. The van der Waals surface area contributed by atoms with Crippen molar-refractivity contribution >= 4 is 17.5 Å². The highest BCUT2D eigenvalue weighted by molar-refractivity contribution is 5.91. The van der Waals surface area contributed by atoms with E-state index in [1.165, 1.54) is 18.2 Å². The van der Waals surface area contributed by atoms with Gasteiger partial charge in [-0.25, -0.2) is 4.39 Å². The highest BCUT2D eigenvalue weighted by Crippen LogP contribution is 2.28. The molecule has 0 saturated heterocycles. The number of hydrogen-bond donors (Lipinski definition) is 2. The number of benzene rings is 2. The Labute approximate surface area is 170 Å². The molecule has 1 atom stereocenters. The number of likely N-dealkylation sites (N-methyl/N-ethyl adjacent to an activating group) is 1. The number of methoxy groups -OCH3 is 1. The van der Waals surface area contributed by atoms with Crippen LogP contribution in [-0.4, -0.2) is 50.0 Å². The van der Waals surface area contributed by atoms with Crippen LogP contribution in [0, 0.1) is 5.82 Å². The van der Waals surface area contributed by atoms with Crippen molar-refractivity contribution in [2.75, 3.05) is 32.6 Å². The van der Waals surface area contributed by atoms with E-state index in [0.29, 0.717) is 12.2 Å². The number of carbonyl (C=O) groups excluding carboxylic acids is 2. The van der Waals surface area contributed by atoms with E-state index in [0.717, 1.165) is 29.1 Å². The van der Waals surface area contributed by atoms with Crippen LogP contribution in [0.5, 0.6) is 5.75 Å². The molecule has 0 aromatic heterocycles. The zero-order valence-electron chi connectivity index (χ0n) is 16.8. The normalized spacial score (nSPS) is 14.2. The maximum atomic E-state index is 13.2. The number of hydrogen-bond acceptors (Lipinski definition) is 3. The molecule has 7 heteroatoms. The largest absolute Gasteiger partial charge is 0.497 e. The molecule has 2 N–H and O–H groups in total. The Kier molecular flexibility index (Phi) is 6.82. The molecule has 29 heavy (non-hydrogen) atoms. The third kappa shape index (κ3) is 6.29. The van der Waals surface area contributed by atoms with Crippen molar-refractivity contribution in [2.24, 2.45) is 0 Å². The van der Waals surface area contributed by atoms with Crippen molar-refractivity contribution in [1.29, 1.82) is 0 Å². The minimum Gasteiger partial charge on any atom is -0.497 e. The molecule has 1 fully saturated rings. The number of anilines is 1. The van der Waals surface area contributed by atoms with Gasteiger partial charge >= 0.3 is 0 Å². The molecule has 2 amide bonds. The quantitative estimate of drug-likeness (QED) is 0.670. The topological polar surface area (TPSA) is 63.1 Å². The lowest BCUT2D eigenvalue weighted by Gasteiger charge is -2.24. The van der Waals surface area contributed by atoms with Crippen LogP contribution in [0.1, 0.15) is 18.4 Å². The number of amides is 2. The molecule has 0 heterocycles. The number of quaternary nitrogens is 1. The van der Waals surface area contributed by atoms with Crippen molar-refractivity contribution in [3.63, 3.8) is 0 Å². The first-order valence-corrected chi connectivity index (χ1v) is 9.73. The van der Waals surface area contributed by atoms with Crippen molar-refractivity contribution in [3.8, 4) is 5.75 Å².